The monoisotopic (exact) mass is 370 g/mol. The van der Waals surface area contributed by atoms with Crippen LogP contribution in [0, 0.1) is 6.92 Å². The molecule has 3 aromatic carbocycles. The van der Waals surface area contributed by atoms with E-state index in [0.29, 0.717) is 16.9 Å². The summed E-state index contributed by atoms with van der Waals surface area (Å²) in [5.74, 6) is -0.378. The zero-order valence-corrected chi connectivity index (χ0v) is 15.2. The molecule has 5 nitrogen and oxygen atoms in total. The fourth-order valence-electron chi connectivity index (χ4n) is 3.26. The van der Waals surface area contributed by atoms with E-state index in [2.05, 4.69) is 0 Å². The molecule has 0 aliphatic heterocycles. The van der Waals surface area contributed by atoms with E-state index in [1.54, 1.807) is 66.7 Å². The second-order valence-electron chi connectivity index (χ2n) is 6.50. The molecule has 0 aliphatic rings. The first-order valence-corrected chi connectivity index (χ1v) is 8.87. The van der Waals surface area contributed by atoms with Gasteiger partial charge in [0, 0.05) is 0 Å². The minimum Gasteiger partial charge on any atom is -0.494 e. The molecule has 0 unspecified atom stereocenters. The van der Waals surface area contributed by atoms with Crippen molar-refractivity contribution in [1.29, 1.82) is 0 Å². The Labute approximate surface area is 161 Å². The van der Waals surface area contributed by atoms with E-state index in [9.17, 15) is 14.7 Å². The second kappa shape index (κ2) is 7.04. The molecule has 5 heteroatoms. The van der Waals surface area contributed by atoms with Gasteiger partial charge in [-0.05, 0) is 42.3 Å². The zero-order chi connectivity index (χ0) is 19.7. The average molecular weight is 370 g/mol. The molecule has 1 heterocycles. The molecule has 0 radical (unpaired) electrons. The van der Waals surface area contributed by atoms with E-state index >= 15 is 0 Å². The van der Waals surface area contributed by atoms with Crippen molar-refractivity contribution in [3.63, 3.8) is 0 Å². The molecule has 0 aliphatic carbocycles. The van der Waals surface area contributed by atoms with Gasteiger partial charge in [0.1, 0.15) is 5.56 Å². The first kappa shape index (κ1) is 17.5. The number of aromatic nitrogens is 2. The quantitative estimate of drug-likeness (QED) is 0.598. The van der Waals surface area contributed by atoms with Crippen molar-refractivity contribution in [1.82, 2.24) is 9.13 Å². The van der Waals surface area contributed by atoms with Crippen molar-refractivity contribution in [3.8, 4) is 28.4 Å². The lowest BCUT2D eigenvalue weighted by atomic mass is 10.1. The van der Waals surface area contributed by atoms with Gasteiger partial charge in [-0.25, -0.2) is 13.9 Å². The largest absolute Gasteiger partial charge is 0.494 e. The topological polar surface area (TPSA) is 64.2 Å². The molecule has 138 valence electrons. The third kappa shape index (κ3) is 2.93. The summed E-state index contributed by atoms with van der Waals surface area (Å²) in [5, 5.41) is 10.9. The molecular formula is C23H18N2O3. The van der Waals surface area contributed by atoms with E-state index in [1.165, 1.54) is 0 Å². The maximum atomic E-state index is 13.3. The number of benzene rings is 3. The summed E-state index contributed by atoms with van der Waals surface area (Å²) >= 11 is 0. The lowest BCUT2D eigenvalue weighted by Gasteiger charge is -2.16. The van der Waals surface area contributed by atoms with Crippen LogP contribution in [-0.2, 0) is 0 Å². The lowest BCUT2D eigenvalue weighted by Crippen LogP contribution is -2.39. The normalized spacial score (nSPS) is 10.8. The van der Waals surface area contributed by atoms with Crippen molar-refractivity contribution < 1.29 is 5.11 Å². The van der Waals surface area contributed by atoms with Crippen molar-refractivity contribution >= 4 is 0 Å². The molecule has 0 bridgehead atoms. The smallest absolute Gasteiger partial charge is 0.343 e. The Bertz CT molecular complexity index is 1180. The first-order chi connectivity index (χ1) is 13.6. The molecule has 4 rings (SSSR count). The van der Waals surface area contributed by atoms with E-state index in [4.69, 9.17) is 0 Å². The Morgan fingerprint density at radius 3 is 1.96 bits per heavy atom. The highest BCUT2D eigenvalue weighted by molar-refractivity contribution is 5.68. The summed E-state index contributed by atoms with van der Waals surface area (Å²) in [6.07, 6.45) is 0. The maximum Gasteiger partial charge on any atom is 0.343 e. The molecule has 0 amide bonds. The average Bonchev–Trinajstić information content (AvgIpc) is 2.70. The predicted molar refractivity (Wildman–Crippen MR) is 109 cm³/mol. The maximum absolute atomic E-state index is 13.3. The molecule has 28 heavy (non-hydrogen) atoms. The summed E-state index contributed by atoms with van der Waals surface area (Å²) in [4.78, 5) is 26.6. The number of hydrogen-bond acceptors (Lipinski definition) is 3. The van der Waals surface area contributed by atoms with Gasteiger partial charge in [0.05, 0.1) is 11.4 Å². The number of aryl methyl sites for hydroxylation is 1. The van der Waals surface area contributed by atoms with Crippen LogP contribution in [0.3, 0.4) is 0 Å². The van der Waals surface area contributed by atoms with Crippen molar-refractivity contribution in [3.05, 3.63) is 111 Å². The molecule has 0 saturated carbocycles. The van der Waals surface area contributed by atoms with Gasteiger partial charge in [0.25, 0.3) is 5.56 Å². The highest BCUT2D eigenvalue weighted by atomic mass is 16.3. The lowest BCUT2D eigenvalue weighted by molar-refractivity contribution is 0.431. The molecule has 0 spiro atoms. The van der Waals surface area contributed by atoms with Crippen LogP contribution in [0.15, 0.2) is 94.5 Å². The highest BCUT2D eigenvalue weighted by Gasteiger charge is 2.21. The van der Waals surface area contributed by atoms with Gasteiger partial charge in [0.15, 0.2) is 0 Å². The van der Waals surface area contributed by atoms with Crippen LogP contribution >= 0.6 is 0 Å². The van der Waals surface area contributed by atoms with Crippen LogP contribution in [0.2, 0.25) is 0 Å². The Kier molecular flexibility index (Phi) is 4.41. The van der Waals surface area contributed by atoms with E-state index in [-0.39, 0.29) is 11.4 Å². The summed E-state index contributed by atoms with van der Waals surface area (Å²) in [6, 6.07) is 24.8. The minimum atomic E-state index is -0.626. The van der Waals surface area contributed by atoms with Crippen molar-refractivity contribution in [2.75, 3.05) is 0 Å². The van der Waals surface area contributed by atoms with Gasteiger partial charge >= 0.3 is 5.69 Å². The van der Waals surface area contributed by atoms with E-state index in [1.807, 2.05) is 25.1 Å². The Hall–Kier alpha value is -3.86. The van der Waals surface area contributed by atoms with Gasteiger partial charge in [0.2, 0.25) is 5.88 Å². The number of hydrogen-bond donors (Lipinski definition) is 1. The van der Waals surface area contributed by atoms with Gasteiger partial charge in [-0.15, -0.1) is 0 Å². The predicted octanol–water partition coefficient (Wildman–Crippen LogP) is 3.67. The number of aromatic hydroxyl groups is 1. The number of rotatable bonds is 3. The molecule has 4 aromatic rings. The van der Waals surface area contributed by atoms with Crippen LogP contribution < -0.4 is 11.2 Å². The SMILES string of the molecule is Cc1cccc(-n2c(=O)c(-c3ccccc3)c(O)n(-c3ccccc3)c2=O)c1. The van der Waals surface area contributed by atoms with Crippen molar-refractivity contribution in [2.45, 2.75) is 6.92 Å². The fourth-order valence-corrected chi connectivity index (χ4v) is 3.26. The van der Waals surface area contributed by atoms with Crippen LogP contribution in [0.1, 0.15) is 5.56 Å². The summed E-state index contributed by atoms with van der Waals surface area (Å²) in [5.41, 5.74) is 1.27. The first-order valence-electron chi connectivity index (χ1n) is 8.87. The molecule has 0 saturated heterocycles. The summed E-state index contributed by atoms with van der Waals surface area (Å²) in [6.45, 7) is 1.89. The van der Waals surface area contributed by atoms with Gasteiger partial charge < -0.3 is 5.11 Å². The third-order valence-electron chi connectivity index (χ3n) is 4.57. The molecule has 1 aromatic heterocycles. The third-order valence-corrected chi connectivity index (χ3v) is 4.57. The molecular weight excluding hydrogens is 352 g/mol. The Morgan fingerprint density at radius 2 is 1.32 bits per heavy atom. The highest BCUT2D eigenvalue weighted by Crippen LogP contribution is 2.26. The standard InChI is InChI=1S/C23H18N2O3/c1-16-9-8-14-19(15-16)25-22(27)20(17-10-4-2-5-11-17)21(26)24(23(25)28)18-12-6-3-7-13-18/h2-15,26H,1H3. The van der Waals surface area contributed by atoms with E-state index < -0.39 is 11.2 Å². The zero-order valence-electron chi connectivity index (χ0n) is 15.2. The van der Waals surface area contributed by atoms with Gasteiger partial charge in [-0.3, -0.25) is 4.79 Å². The van der Waals surface area contributed by atoms with Crippen molar-refractivity contribution in [2.24, 2.45) is 0 Å². The second-order valence-corrected chi connectivity index (χ2v) is 6.50. The van der Waals surface area contributed by atoms with Gasteiger partial charge in [-0.2, -0.15) is 0 Å². The van der Waals surface area contributed by atoms with Crippen LogP contribution in [0.4, 0.5) is 0 Å². The Balaban J connectivity index is 2.16. The van der Waals surface area contributed by atoms with Gasteiger partial charge in [-0.1, -0.05) is 60.7 Å². The van der Waals surface area contributed by atoms with Crippen LogP contribution in [0.5, 0.6) is 5.88 Å². The molecule has 0 atom stereocenters. The summed E-state index contributed by atoms with van der Waals surface area (Å²) in [7, 11) is 0. The minimum absolute atomic E-state index is 0.0746. The Morgan fingerprint density at radius 1 is 0.714 bits per heavy atom. The number of para-hydroxylation sites is 1. The summed E-state index contributed by atoms with van der Waals surface area (Å²) < 4.78 is 2.26. The molecule has 1 N–H and O–H groups in total. The van der Waals surface area contributed by atoms with Crippen LogP contribution in [0.25, 0.3) is 22.5 Å². The van der Waals surface area contributed by atoms with Crippen LogP contribution in [-0.4, -0.2) is 14.2 Å². The fraction of sp³-hybridized carbons (Fsp3) is 0.0435. The van der Waals surface area contributed by atoms with E-state index in [0.717, 1.165) is 14.7 Å². The molecule has 0 fully saturated rings. The number of nitrogens with zero attached hydrogens (tertiary/aromatic N) is 2.